The van der Waals surface area contributed by atoms with E-state index in [4.69, 9.17) is 0 Å². The first-order valence-corrected chi connectivity index (χ1v) is 11.5. The highest BCUT2D eigenvalue weighted by atomic mass is 16.3. The van der Waals surface area contributed by atoms with Crippen molar-refractivity contribution in [3.05, 3.63) is 98.3 Å². The van der Waals surface area contributed by atoms with Crippen LogP contribution in [-0.2, 0) is 13.1 Å². The molecule has 1 fully saturated rings. The molecule has 7 nitrogen and oxygen atoms in total. The monoisotopic (exact) mass is 447 g/mol. The second kappa shape index (κ2) is 9.90. The van der Waals surface area contributed by atoms with Crippen LogP contribution in [0.4, 0.5) is 0 Å². The third-order valence-electron chi connectivity index (χ3n) is 6.45. The highest BCUT2D eigenvalue weighted by Crippen LogP contribution is 2.32. The van der Waals surface area contributed by atoms with Crippen LogP contribution in [-0.4, -0.2) is 26.2 Å². The lowest BCUT2D eigenvalue weighted by atomic mass is 9.82. The van der Waals surface area contributed by atoms with E-state index >= 15 is 0 Å². The highest BCUT2D eigenvalue weighted by molar-refractivity contribution is 5.95. The first-order valence-electron chi connectivity index (χ1n) is 11.5. The molecule has 1 aliphatic carbocycles. The Labute approximate surface area is 192 Å². The van der Waals surface area contributed by atoms with Crippen LogP contribution in [0.5, 0.6) is 5.75 Å². The molecule has 1 amide bonds. The molecule has 1 aromatic heterocycles. The summed E-state index contributed by atoms with van der Waals surface area (Å²) in [7, 11) is 0. The van der Waals surface area contributed by atoms with Gasteiger partial charge in [-0.15, -0.1) is 0 Å². The number of aromatic hydroxyl groups is 1. The summed E-state index contributed by atoms with van der Waals surface area (Å²) in [5.41, 5.74) is 0.369. The minimum absolute atomic E-state index is 0.0780. The van der Waals surface area contributed by atoms with Gasteiger partial charge in [0.1, 0.15) is 0 Å². The molecule has 1 aliphatic rings. The maximum absolute atomic E-state index is 13.2. The topological polar surface area (TPSA) is 93.3 Å². The third-order valence-corrected chi connectivity index (χ3v) is 6.45. The normalized spacial score (nSPS) is 18.1. The van der Waals surface area contributed by atoms with E-state index in [0.29, 0.717) is 5.92 Å². The van der Waals surface area contributed by atoms with E-state index in [9.17, 15) is 19.5 Å². The molecule has 0 aliphatic heterocycles. The molecule has 0 atom stereocenters. The van der Waals surface area contributed by atoms with Crippen molar-refractivity contribution in [1.82, 2.24) is 14.5 Å². The smallest absolute Gasteiger partial charge is 0.332 e. The van der Waals surface area contributed by atoms with Gasteiger partial charge in [-0.25, -0.2) is 4.79 Å². The molecule has 1 saturated carbocycles. The van der Waals surface area contributed by atoms with Gasteiger partial charge >= 0.3 is 5.69 Å². The van der Waals surface area contributed by atoms with Crippen LogP contribution in [0.2, 0.25) is 0 Å². The predicted molar refractivity (Wildman–Crippen MR) is 127 cm³/mol. The molecule has 0 unspecified atom stereocenters. The summed E-state index contributed by atoms with van der Waals surface area (Å²) in [4.78, 5) is 38.8. The van der Waals surface area contributed by atoms with Gasteiger partial charge in [0.25, 0.3) is 11.5 Å². The summed E-state index contributed by atoms with van der Waals surface area (Å²) in [5, 5.41) is 13.6. The van der Waals surface area contributed by atoms with Crippen LogP contribution in [0.25, 0.3) is 0 Å². The number of hydrogen-bond donors (Lipinski definition) is 2. The summed E-state index contributed by atoms with van der Waals surface area (Å²) in [6.45, 7) is 1.84. The zero-order valence-electron chi connectivity index (χ0n) is 18.7. The van der Waals surface area contributed by atoms with Gasteiger partial charge in [-0.3, -0.25) is 18.7 Å². The minimum Gasteiger partial charge on any atom is -0.501 e. The average Bonchev–Trinajstić information content (AvgIpc) is 2.84. The molecule has 0 spiro atoms. The van der Waals surface area contributed by atoms with Gasteiger partial charge in [-0.05, 0) is 49.7 Å². The van der Waals surface area contributed by atoms with Crippen LogP contribution in [0, 0.1) is 0 Å². The Morgan fingerprint density at radius 3 is 2.15 bits per heavy atom. The van der Waals surface area contributed by atoms with Crippen molar-refractivity contribution in [2.45, 2.75) is 57.7 Å². The summed E-state index contributed by atoms with van der Waals surface area (Å²) < 4.78 is 2.14. The largest absolute Gasteiger partial charge is 0.501 e. The summed E-state index contributed by atoms with van der Waals surface area (Å²) in [6, 6.07) is 19.5. The van der Waals surface area contributed by atoms with E-state index in [-0.39, 0.29) is 24.8 Å². The Bertz CT molecular complexity index is 1220. The van der Waals surface area contributed by atoms with Gasteiger partial charge in [0.05, 0.1) is 6.54 Å². The second-order valence-electron chi connectivity index (χ2n) is 8.53. The molecule has 0 saturated heterocycles. The number of aromatic nitrogens is 2. The number of carbonyl (C=O) groups is 1. The van der Waals surface area contributed by atoms with Crippen molar-refractivity contribution in [3.63, 3.8) is 0 Å². The molecular weight excluding hydrogens is 418 g/mol. The quantitative estimate of drug-likeness (QED) is 0.607. The van der Waals surface area contributed by atoms with E-state index < -0.39 is 22.9 Å². The molecule has 1 heterocycles. The van der Waals surface area contributed by atoms with Gasteiger partial charge in [0.2, 0.25) is 5.75 Å². The number of nitrogens with one attached hydrogen (secondary N) is 1. The number of carbonyl (C=O) groups excluding carboxylic acids is 1. The SMILES string of the molecule is CCn1c(=O)c(O)c(C(=O)NC2CCC(c3ccccc3)CC2)n(Cc2ccccc2)c1=O. The van der Waals surface area contributed by atoms with E-state index in [1.165, 1.54) is 10.1 Å². The highest BCUT2D eigenvalue weighted by Gasteiger charge is 2.28. The van der Waals surface area contributed by atoms with Crippen molar-refractivity contribution in [2.75, 3.05) is 0 Å². The fourth-order valence-corrected chi connectivity index (χ4v) is 4.66. The summed E-state index contributed by atoms with van der Waals surface area (Å²) in [5.74, 6) is -0.829. The van der Waals surface area contributed by atoms with E-state index in [2.05, 4.69) is 17.4 Å². The van der Waals surface area contributed by atoms with Crippen LogP contribution in [0.15, 0.2) is 70.3 Å². The molecule has 7 heteroatoms. The summed E-state index contributed by atoms with van der Waals surface area (Å²) in [6.07, 6.45) is 3.46. The van der Waals surface area contributed by atoms with E-state index in [1.54, 1.807) is 6.92 Å². The molecule has 2 aromatic carbocycles. The second-order valence-corrected chi connectivity index (χ2v) is 8.53. The van der Waals surface area contributed by atoms with Crippen molar-refractivity contribution >= 4 is 5.91 Å². The molecule has 0 radical (unpaired) electrons. The molecule has 4 rings (SSSR count). The number of nitrogens with zero attached hydrogens (tertiary/aromatic N) is 2. The van der Waals surface area contributed by atoms with Gasteiger partial charge in [-0.1, -0.05) is 60.7 Å². The number of benzene rings is 2. The standard InChI is InChI=1S/C26H29N3O4/c1-2-28-25(32)23(30)22(29(26(28)33)17-18-9-5-3-6-10-18)24(31)27-21-15-13-20(14-16-21)19-11-7-4-8-12-19/h3-12,20-21,30H,2,13-17H2,1H3,(H,27,31). The first kappa shape index (κ1) is 22.6. The van der Waals surface area contributed by atoms with Gasteiger partial charge in [-0.2, -0.15) is 0 Å². The molecule has 33 heavy (non-hydrogen) atoms. The maximum Gasteiger partial charge on any atom is 0.332 e. The van der Waals surface area contributed by atoms with E-state index in [0.717, 1.165) is 35.8 Å². The Kier molecular flexibility index (Phi) is 6.77. The zero-order chi connectivity index (χ0) is 23.4. The maximum atomic E-state index is 13.2. The Balaban J connectivity index is 1.58. The summed E-state index contributed by atoms with van der Waals surface area (Å²) >= 11 is 0. The van der Waals surface area contributed by atoms with Crippen LogP contribution in [0.3, 0.4) is 0 Å². The van der Waals surface area contributed by atoms with Crippen LogP contribution in [0.1, 0.15) is 60.1 Å². The third kappa shape index (κ3) is 4.77. The van der Waals surface area contributed by atoms with Gasteiger partial charge in [0.15, 0.2) is 5.69 Å². The molecule has 3 aromatic rings. The van der Waals surface area contributed by atoms with Crippen molar-refractivity contribution in [1.29, 1.82) is 0 Å². The van der Waals surface area contributed by atoms with Crippen molar-refractivity contribution in [3.8, 4) is 5.75 Å². The van der Waals surface area contributed by atoms with Gasteiger partial charge in [0, 0.05) is 12.6 Å². The average molecular weight is 448 g/mol. The van der Waals surface area contributed by atoms with Crippen LogP contribution >= 0.6 is 0 Å². The fraction of sp³-hybridized carbons (Fsp3) is 0.346. The lowest BCUT2D eigenvalue weighted by molar-refractivity contribution is 0.0910. The van der Waals surface area contributed by atoms with Crippen molar-refractivity contribution < 1.29 is 9.90 Å². The fourth-order valence-electron chi connectivity index (χ4n) is 4.66. The van der Waals surface area contributed by atoms with Crippen LogP contribution < -0.4 is 16.6 Å². The minimum atomic E-state index is -0.843. The molecular formula is C26H29N3O4. The Morgan fingerprint density at radius 2 is 1.55 bits per heavy atom. The lowest BCUT2D eigenvalue weighted by Gasteiger charge is -2.29. The first-order chi connectivity index (χ1) is 16.0. The Hall–Kier alpha value is -3.61. The van der Waals surface area contributed by atoms with Crippen molar-refractivity contribution in [2.24, 2.45) is 0 Å². The lowest BCUT2D eigenvalue weighted by Crippen LogP contribution is -2.45. The zero-order valence-corrected chi connectivity index (χ0v) is 18.7. The number of hydrogen-bond acceptors (Lipinski definition) is 4. The Morgan fingerprint density at radius 1 is 0.939 bits per heavy atom. The molecule has 2 N–H and O–H groups in total. The number of amides is 1. The molecule has 0 bridgehead atoms. The number of rotatable bonds is 6. The molecule has 172 valence electrons. The van der Waals surface area contributed by atoms with Gasteiger partial charge < -0.3 is 10.4 Å². The van der Waals surface area contributed by atoms with E-state index in [1.807, 2.05) is 48.5 Å². The predicted octanol–water partition coefficient (Wildman–Crippen LogP) is 3.24.